The van der Waals surface area contributed by atoms with Gasteiger partial charge < -0.3 is 19.5 Å². The first-order chi connectivity index (χ1) is 22.4. The summed E-state index contributed by atoms with van der Waals surface area (Å²) in [6.45, 7) is 1.22. The average Bonchev–Trinajstić information content (AvgIpc) is 3.41. The van der Waals surface area contributed by atoms with Crippen LogP contribution in [0.3, 0.4) is 0 Å². The lowest BCUT2D eigenvalue weighted by Crippen LogP contribution is -2.47. The van der Waals surface area contributed by atoms with Crippen molar-refractivity contribution in [3.63, 3.8) is 0 Å². The van der Waals surface area contributed by atoms with E-state index in [0.717, 1.165) is 23.1 Å². The van der Waals surface area contributed by atoms with E-state index >= 15 is 0 Å². The van der Waals surface area contributed by atoms with E-state index in [1.165, 1.54) is 17.8 Å². The van der Waals surface area contributed by atoms with Crippen molar-refractivity contribution < 1.29 is 23.8 Å². The van der Waals surface area contributed by atoms with Gasteiger partial charge in [-0.1, -0.05) is 23.9 Å². The number of hydrogen-bond acceptors (Lipinski definition) is 11. The van der Waals surface area contributed by atoms with E-state index in [0.29, 0.717) is 60.7 Å². The predicted octanol–water partition coefficient (Wildman–Crippen LogP) is 3.38. The van der Waals surface area contributed by atoms with Crippen molar-refractivity contribution in [2.45, 2.75) is 55.7 Å². The van der Waals surface area contributed by atoms with E-state index in [4.69, 9.17) is 19.2 Å². The molecule has 1 saturated carbocycles. The van der Waals surface area contributed by atoms with Crippen LogP contribution in [0.15, 0.2) is 64.7 Å². The molecule has 13 nitrogen and oxygen atoms in total. The zero-order valence-corrected chi connectivity index (χ0v) is 26.2. The van der Waals surface area contributed by atoms with Crippen LogP contribution in [0.4, 0.5) is 16.4 Å². The fourth-order valence-electron chi connectivity index (χ4n) is 6.33. The van der Waals surface area contributed by atoms with Crippen LogP contribution in [0.5, 0.6) is 11.5 Å². The van der Waals surface area contributed by atoms with Crippen LogP contribution in [-0.2, 0) is 22.6 Å². The summed E-state index contributed by atoms with van der Waals surface area (Å²) in [7, 11) is 1.60. The van der Waals surface area contributed by atoms with Gasteiger partial charge in [0, 0.05) is 43.2 Å². The van der Waals surface area contributed by atoms with Crippen LogP contribution < -0.4 is 30.1 Å². The molecule has 1 aromatic carbocycles. The van der Waals surface area contributed by atoms with Crippen LogP contribution in [-0.4, -0.2) is 76.2 Å². The van der Waals surface area contributed by atoms with Crippen molar-refractivity contribution in [3.05, 3.63) is 70.6 Å². The van der Waals surface area contributed by atoms with Gasteiger partial charge in [0.25, 0.3) is 11.5 Å². The Morgan fingerprint density at radius 2 is 1.89 bits per heavy atom. The van der Waals surface area contributed by atoms with E-state index in [-0.39, 0.29) is 36.3 Å². The summed E-state index contributed by atoms with van der Waals surface area (Å²) in [6, 6.07) is 14.2. The highest BCUT2D eigenvalue weighted by molar-refractivity contribution is 7.98. The number of hydrogen-bond donors (Lipinski definition) is 1. The lowest BCUT2D eigenvalue weighted by atomic mass is 9.88. The molecule has 0 radical (unpaired) electrons. The van der Waals surface area contributed by atoms with Gasteiger partial charge in [-0.15, -0.1) is 0 Å². The highest BCUT2D eigenvalue weighted by Gasteiger charge is 2.47. The minimum atomic E-state index is -0.459. The van der Waals surface area contributed by atoms with E-state index < -0.39 is 6.09 Å². The highest BCUT2D eigenvalue weighted by atomic mass is 32.2. The minimum Gasteiger partial charge on any atom is -0.497 e. The molecule has 2 aliphatic heterocycles. The van der Waals surface area contributed by atoms with Gasteiger partial charge in [0.2, 0.25) is 0 Å². The van der Waals surface area contributed by atoms with Crippen molar-refractivity contribution in [1.82, 2.24) is 24.8 Å². The fraction of sp³-hybridized carbons (Fsp3) is 0.375. The minimum absolute atomic E-state index is 0.0866. The van der Waals surface area contributed by atoms with E-state index in [2.05, 4.69) is 15.3 Å². The number of benzene rings is 1. The number of aromatic nitrogens is 4. The number of pyridine rings is 2. The first-order valence-electron chi connectivity index (χ1n) is 15.1. The number of carbonyl (C=O) groups excluding carboxylic acids is 2. The third-order valence-electron chi connectivity index (χ3n) is 8.67. The molecule has 14 heteroatoms. The Balaban J connectivity index is 1.03. The van der Waals surface area contributed by atoms with Crippen LogP contribution in [0, 0.1) is 0 Å². The number of nitrogens with one attached hydrogen (secondary N) is 1. The molecule has 2 fully saturated rings. The quantitative estimate of drug-likeness (QED) is 0.212. The average molecular weight is 644 g/mol. The Labute approximate surface area is 268 Å². The Hall–Kier alpha value is -4.69. The second-order valence-corrected chi connectivity index (χ2v) is 12.2. The Morgan fingerprint density at radius 1 is 1.04 bits per heavy atom. The van der Waals surface area contributed by atoms with Crippen LogP contribution in [0.1, 0.15) is 24.8 Å². The van der Waals surface area contributed by atoms with Crippen LogP contribution >= 0.6 is 11.8 Å². The summed E-state index contributed by atoms with van der Waals surface area (Å²) in [4.78, 5) is 55.6. The van der Waals surface area contributed by atoms with Crippen LogP contribution in [0.2, 0.25) is 0 Å². The summed E-state index contributed by atoms with van der Waals surface area (Å²) in [5, 5.41) is 4.98. The van der Waals surface area contributed by atoms with Crippen molar-refractivity contribution in [2.75, 3.05) is 36.3 Å². The molecular weight excluding hydrogens is 610 g/mol. The monoisotopic (exact) mass is 643 g/mol. The molecule has 1 N–H and O–H groups in total. The first-order valence-corrected chi connectivity index (χ1v) is 16.4. The Bertz CT molecular complexity index is 1850. The second-order valence-electron chi connectivity index (χ2n) is 11.4. The maximum absolute atomic E-state index is 13.2. The third-order valence-corrected chi connectivity index (χ3v) is 9.23. The van der Waals surface area contributed by atoms with Gasteiger partial charge in [-0.05, 0) is 55.0 Å². The number of nitrogens with zero attached hydrogens (tertiary/aromatic N) is 6. The molecule has 5 heterocycles. The number of ether oxygens (including phenoxy) is 3. The van der Waals surface area contributed by atoms with Gasteiger partial charge in [-0.2, -0.15) is 0 Å². The standard InChI is InChI=1S/C32H33N7O6S/c1-43-22-7-3-19(4-8-22)17-38-28(41)18-44-24-10-11-26(35-30(24)38)39-23-9-6-21(15-25(23)45-32(39)42)33-13-14-37-27(40)12-5-20-16-34-31(46-2)36-29(20)37/h3-5,7-8,10-12,16,21,23,25,33H,6,9,13-15,17-18H2,1-2H3. The SMILES string of the molecule is COc1ccc(CN2C(=O)COc3ccc(N4C(=O)OC5CC(NCCn6c(=O)ccc7cnc(SC)nc76)CCC54)nc32)cc1. The van der Waals surface area contributed by atoms with E-state index in [1.54, 1.807) is 45.9 Å². The molecule has 2 amide bonds. The molecule has 3 aromatic heterocycles. The topological polar surface area (TPSA) is 141 Å². The lowest BCUT2D eigenvalue weighted by Gasteiger charge is -2.34. The maximum atomic E-state index is 13.2. The number of carbonyl (C=O) groups is 2. The summed E-state index contributed by atoms with van der Waals surface area (Å²) >= 11 is 1.43. The van der Waals surface area contributed by atoms with Crippen molar-refractivity contribution >= 4 is 46.4 Å². The zero-order chi connectivity index (χ0) is 31.8. The van der Waals surface area contributed by atoms with Crippen molar-refractivity contribution in [3.8, 4) is 11.5 Å². The van der Waals surface area contributed by atoms with Gasteiger partial charge >= 0.3 is 6.09 Å². The van der Waals surface area contributed by atoms with Gasteiger partial charge in [0.05, 0.1) is 19.7 Å². The molecule has 0 bridgehead atoms. The summed E-state index contributed by atoms with van der Waals surface area (Å²) < 4.78 is 18.4. The normalized spacial score (nSPS) is 20.7. The van der Waals surface area contributed by atoms with Crippen molar-refractivity contribution in [1.29, 1.82) is 0 Å². The van der Waals surface area contributed by atoms with Crippen LogP contribution in [0.25, 0.3) is 11.0 Å². The van der Waals surface area contributed by atoms with Gasteiger partial charge in [-0.25, -0.2) is 19.7 Å². The van der Waals surface area contributed by atoms with Gasteiger partial charge in [0.1, 0.15) is 23.3 Å². The van der Waals surface area contributed by atoms with Gasteiger partial charge in [0.15, 0.2) is 23.3 Å². The summed E-state index contributed by atoms with van der Waals surface area (Å²) in [5.41, 5.74) is 1.41. The molecule has 3 aliphatic rings. The smallest absolute Gasteiger partial charge is 0.416 e. The molecule has 1 saturated heterocycles. The summed E-state index contributed by atoms with van der Waals surface area (Å²) in [5.74, 6) is 1.78. The molecule has 238 valence electrons. The number of anilines is 2. The number of amides is 2. The van der Waals surface area contributed by atoms with Gasteiger partial charge in [-0.3, -0.25) is 24.0 Å². The van der Waals surface area contributed by atoms with E-state index in [9.17, 15) is 14.4 Å². The zero-order valence-electron chi connectivity index (χ0n) is 25.4. The van der Waals surface area contributed by atoms with E-state index in [1.807, 2.05) is 30.5 Å². The molecular formula is C32H33N7O6S. The number of fused-ring (bicyclic) bond motifs is 3. The highest BCUT2D eigenvalue weighted by Crippen LogP contribution is 2.39. The number of methoxy groups -OCH3 is 1. The van der Waals surface area contributed by atoms with Crippen molar-refractivity contribution in [2.24, 2.45) is 0 Å². The number of thioether (sulfide) groups is 1. The Kier molecular flexibility index (Phi) is 8.21. The first kappa shape index (κ1) is 30.0. The molecule has 0 spiro atoms. The molecule has 1 aliphatic carbocycles. The predicted molar refractivity (Wildman–Crippen MR) is 172 cm³/mol. The Morgan fingerprint density at radius 3 is 2.70 bits per heavy atom. The second kappa shape index (κ2) is 12.6. The molecule has 4 aromatic rings. The fourth-order valence-corrected chi connectivity index (χ4v) is 6.67. The molecule has 3 atom stereocenters. The lowest BCUT2D eigenvalue weighted by molar-refractivity contribution is -0.121. The maximum Gasteiger partial charge on any atom is 0.416 e. The molecule has 46 heavy (non-hydrogen) atoms. The number of rotatable bonds is 9. The molecule has 7 rings (SSSR count). The molecule has 3 unspecified atom stereocenters. The third kappa shape index (κ3) is 5.73. The summed E-state index contributed by atoms with van der Waals surface area (Å²) in [6.07, 6.45) is 5.01. The largest absolute Gasteiger partial charge is 0.497 e.